The number of carbonyl (C=O) groups is 1. The van der Waals surface area contributed by atoms with Gasteiger partial charge in [-0.15, -0.1) is 11.8 Å². The molecule has 2 aromatic carbocycles. The topological polar surface area (TPSA) is 29.5 Å². The molecule has 2 aliphatic heterocycles. The SMILES string of the molecule is CC1(C)Cc2cccc(C3SCC(=O)N3Cc3ccccc3)c2O1. The van der Waals surface area contributed by atoms with Crippen LogP contribution in [-0.4, -0.2) is 22.2 Å². The van der Waals surface area contributed by atoms with Crippen LogP contribution in [0.25, 0.3) is 0 Å². The second-order valence-corrected chi connectivity index (χ2v) is 8.11. The van der Waals surface area contributed by atoms with Crippen molar-refractivity contribution in [1.82, 2.24) is 4.90 Å². The average Bonchev–Trinajstić information content (AvgIpc) is 3.07. The third-order valence-corrected chi connectivity index (χ3v) is 5.79. The Balaban J connectivity index is 1.67. The van der Waals surface area contributed by atoms with E-state index in [2.05, 4.69) is 44.2 Å². The van der Waals surface area contributed by atoms with Gasteiger partial charge in [0.1, 0.15) is 16.7 Å². The monoisotopic (exact) mass is 339 g/mol. The van der Waals surface area contributed by atoms with Crippen LogP contribution in [0.5, 0.6) is 5.75 Å². The predicted octanol–water partition coefficient (Wildman–Crippen LogP) is 4.17. The summed E-state index contributed by atoms with van der Waals surface area (Å²) in [6.45, 7) is 4.88. The Morgan fingerprint density at radius 3 is 2.75 bits per heavy atom. The largest absolute Gasteiger partial charge is 0.487 e. The molecule has 0 aromatic heterocycles. The minimum Gasteiger partial charge on any atom is -0.487 e. The molecule has 4 rings (SSSR count). The quantitative estimate of drug-likeness (QED) is 0.840. The van der Waals surface area contributed by atoms with E-state index in [1.165, 1.54) is 5.56 Å². The number of hydrogen-bond acceptors (Lipinski definition) is 3. The second-order valence-electron chi connectivity index (χ2n) is 7.04. The van der Waals surface area contributed by atoms with Crippen molar-refractivity contribution in [3.8, 4) is 5.75 Å². The van der Waals surface area contributed by atoms with Crippen LogP contribution in [0.1, 0.15) is 35.9 Å². The van der Waals surface area contributed by atoms with Crippen molar-refractivity contribution in [2.45, 2.75) is 37.8 Å². The third-order valence-electron chi connectivity index (χ3n) is 4.55. The smallest absolute Gasteiger partial charge is 0.234 e. The first-order valence-electron chi connectivity index (χ1n) is 8.29. The normalized spacial score (nSPS) is 21.7. The van der Waals surface area contributed by atoms with Gasteiger partial charge in [0.05, 0.1) is 5.75 Å². The van der Waals surface area contributed by atoms with E-state index in [-0.39, 0.29) is 16.9 Å². The van der Waals surface area contributed by atoms with Crippen molar-refractivity contribution >= 4 is 17.7 Å². The summed E-state index contributed by atoms with van der Waals surface area (Å²) < 4.78 is 6.22. The zero-order valence-electron chi connectivity index (χ0n) is 14.0. The van der Waals surface area contributed by atoms with Gasteiger partial charge in [0.25, 0.3) is 0 Å². The van der Waals surface area contributed by atoms with Gasteiger partial charge in [-0.05, 0) is 25.0 Å². The Hall–Kier alpha value is -1.94. The highest BCUT2D eigenvalue weighted by Gasteiger charge is 2.38. The van der Waals surface area contributed by atoms with Crippen molar-refractivity contribution in [2.75, 3.05) is 5.75 Å². The standard InChI is InChI=1S/C20H21NO2S/c1-20(2)11-15-9-6-10-16(18(15)23-20)19-21(17(22)13-24-19)12-14-7-4-3-5-8-14/h3-10,19H,11-13H2,1-2H3. The molecular weight excluding hydrogens is 318 g/mol. The average molecular weight is 339 g/mol. The molecule has 3 nitrogen and oxygen atoms in total. The molecular formula is C20H21NO2S. The number of benzene rings is 2. The summed E-state index contributed by atoms with van der Waals surface area (Å²) >= 11 is 1.69. The van der Waals surface area contributed by atoms with Gasteiger partial charge in [0.2, 0.25) is 5.91 Å². The third kappa shape index (κ3) is 2.80. The number of thioether (sulfide) groups is 1. The lowest BCUT2D eigenvalue weighted by Crippen LogP contribution is -2.28. The van der Waals surface area contributed by atoms with Crippen LogP contribution < -0.4 is 4.74 Å². The zero-order valence-corrected chi connectivity index (χ0v) is 14.8. The number of amides is 1. The molecule has 0 saturated carbocycles. The van der Waals surface area contributed by atoms with Gasteiger partial charge in [-0.1, -0.05) is 48.5 Å². The first-order valence-corrected chi connectivity index (χ1v) is 9.34. The fraction of sp³-hybridized carbons (Fsp3) is 0.350. The van der Waals surface area contributed by atoms with Crippen LogP contribution >= 0.6 is 11.8 Å². The Labute approximate surface area is 147 Å². The lowest BCUT2D eigenvalue weighted by Gasteiger charge is -2.26. The van der Waals surface area contributed by atoms with Crippen LogP contribution in [0.15, 0.2) is 48.5 Å². The molecule has 2 aliphatic rings. The van der Waals surface area contributed by atoms with Gasteiger partial charge in [0, 0.05) is 18.5 Å². The molecule has 1 amide bonds. The molecule has 24 heavy (non-hydrogen) atoms. The van der Waals surface area contributed by atoms with Crippen molar-refractivity contribution in [2.24, 2.45) is 0 Å². The highest BCUT2D eigenvalue weighted by Crippen LogP contribution is 2.47. The number of ether oxygens (including phenoxy) is 1. The summed E-state index contributed by atoms with van der Waals surface area (Å²) in [4.78, 5) is 14.4. The fourth-order valence-electron chi connectivity index (χ4n) is 3.50. The Bertz CT molecular complexity index is 772. The number of hydrogen-bond donors (Lipinski definition) is 0. The molecule has 0 radical (unpaired) electrons. The number of fused-ring (bicyclic) bond motifs is 1. The summed E-state index contributed by atoms with van der Waals surface area (Å²) in [5.74, 6) is 1.71. The minimum absolute atomic E-state index is 0.0292. The molecule has 0 bridgehead atoms. The molecule has 0 N–H and O–H groups in total. The molecule has 1 fully saturated rings. The number of nitrogens with zero attached hydrogens (tertiary/aromatic N) is 1. The van der Waals surface area contributed by atoms with Crippen LogP contribution in [0.4, 0.5) is 0 Å². The summed E-state index contributed by atoms with van der Waals surface area (Å²) in [7, 11) is 0. The first kappa shape index (κ1) is 15.6. The number of rotatable bonds is 3. The number of carbonyl (C=O) groups excluding carboxylic acids is 1. The van der Waals surface area contributed by atoms with Gasteiger partial charge in [-0.2, -0.15) is 0 Å². The minimum atomic E-state index is -0.171. The van der Waals surface area contributed by atoms with Gasteiger partial charge >= 0.3 is 0 Å². The summed E-state index contributed by atoms with van der Waals surface area (Å²) in [6.07, 6.45) is 0.917. The second kappa shape index (κ2) is 5.85. The maximum atomic E-state index is 12.5. The van der Waals surface area contributed by atoms with Crippen molar-refractivity contribution in [1.29, 1.82) is 0 Å². The predicted molar refractivity (Wildman–Crippen MR) is 97.0 cm³/mol. The lowest BCUT2D eigenvalue weighted by atomic mass is 10.0. The lowest BCUT2D eigenvalue weighted by molar-refractivity contribution is -0.128. The van der Waals surface area contributed by atoms with E-state index in [9.17, 15) is 4.79 Å². The van der Waals surface area contributed by atoms with Crippen LogP contribution in [0.2, 0.25) is 0 Å². The molecule has 0 spiro atoms. The van der Waals surface area contributed by atoms with E-state index in [0.717, 1.165) is 23.3 Å². The highest BCUT2D eigenvalue weighted by atomic mass is 32.2. The van der Waals surface area contributed by atoms with Crippen LogP contribution in [-0.2, 0) is 17.8 Å². The van der Waals surface area contributed by atoms with Crippen molar-refractivity contribution in [3.05, 3.63) is 65.2 Å². The van der Waals surface area contributed by atoms with E-state index >= 15 is 0 Å². The molecule has 124 valence electrons. The van der Waals surface area contributed by atoms with Gasteiger partial charge in [-0.25, -0.2) is 0 Å². The highest BCUT2D eigenvalue weighted by molar-refractivity contribution is 8.00. The summed E-state index contributed by atoms with van der Waals surface area (Å²) in [5, 5.41) is 0.0292. The maximum Gasteiger partial charge on any atom is 0.234 e. The van der Waals surface area contributed by atoms with E-state index in [0.29, 0.717) is 12.3 Å². The van der Waals surface area contributed by atoms with E-state index in [1.54, 1.807) is 11.8 Å². The van der Waals surface area contributed by atoms with Crippen LogP contribution in [0.3, 0.4) is 0 Å². The van der Waals surface area contributed by atoms with E-state index < -0.39 is 0 Å². The molecule has 0 aliphatic carbocycles. The van der Waals surface area contributed by atoms with Crippen molar-refractivity contribution < 1.29 is 9.53 Å². The number of para-hydroxylation sites is 1. The van der Waals surface area contributed by atoms with E-state index in [1.807, 2.05) is 23.1 Å². The Morgan fingerprint density at radius 1 is 1.17 bits per heavy atom. The molecule has 4 heteroatoms. The van der Waals surface area contributed by atoms with Gasteiger partial charge in [0.15, 0.2) is 0 Å². The van der Waals surface area contributed by atoms with Gasteiger partial charge < -0.3 is 9.64 Å². The first-order chi connectivity index (χ1) is 11.5. The zero-order chi connectivity index (χ0) is 16.7. The van der Waals surface area contributed by atoms with Crippen molar-refractivity contribution in [3.63, 3.8) is 0 Å². The maximum absolute atomic E-state index is 12.5. The fourth-order valence-corrected chi connectivity index (χ4v) is 4.70. The Kier molecular flexibility index (Phi) is 3.80. The van der Waals surface area contributed by atoms with Gasteiger partial charge in [-0.3, -0.25) is 4.79 Å². The van der Waals surface area contributed by atoms with Crippen LogP contribution in [0, 0.1) is 0 Å². The molecule has 1 unspecified atom stereocenters. The van der Waals surface area contributed by atoms with E-state index in [4.69, 9.17) is 4.74 Å². The summed E-state index contributed by atoms with van der Waals surface area (Å²) in [6, 6.07) is 16.5. The summed E-state index contributed by atoms with van der Waals surface area (Å²) in [5.41, 5.74) is 3.37. The molecule has 2 heterocycles. The molecule has 1 saturated heterocycles. The molecule has 2 aromatic rings. The Morgan fingerprint density at radius 2 is 1.96 bits per heavy atom. The molecule has 1 atom stereocenters.